The van der Waals surface area contributed by atoms with Crippen molar-refractivity contribution >= 4 is 44.6 Å². The molecule has 0 aliphatic heterocycles. The number of thiazole rings is 1. The van der Waals surface area contributed by atoms with Crippen LogP contribution in [-0.4, -0.2) is 25.1 Å². The van der Waals surface area contributed by atoms with E-state index in [4.69, 9.17) is 0 Å². The van der Waals surface area contributed by atoms with Crippen LogP contribution in [0.15, 0.2) is 63.8 Å². The molecule has 1 amide bonds. The number of sulfone groups is 1. The lowest BCUT2D eigenvalue weighted by molar-refractivity contribution is -0.114. The first-order valence-corrected chi connectivity index (χ1v) is 10.8. The molecule has 0 aliphatic carbocycles. The smallest absolute Gasteiger partial charge is 0.233 e. The molecule has 0 atom stereocenters. The molecule has 1 aromatic heterocycles. The third kappa shape index (κ3) is 4.66. The van der Waals surface area contributed by atoms with Gasteiger partial charge in [0, 0.05) is 35.8 Å². The van der Waals surface area contributed by atoms with Gasteiger partial charge in [-0.15, -0.1) is 11.3 Å². The number of ketones is 1. The number of benzene rings is 2. The van der Waals surface area contributed by atoms with Crippen LogP contribution >= 0.6 is 11.3 Å². The van der Waals surface area contributed by atoms with E-state index in [0.717, 1.165) is 29.5 Å². The molecule has 3 rings (SSSR count). The van der Waals surface area contributed by atoms with Gasteiger partial charge in [0.15, 0.2) is 5.01 Å². The molecule has 2 aromatic carbocycles. The summed E-state index contributed by atoms with van der Waals surface area (Å²) in [4.78, 5) is 26.9. The SMILES string of the molecule is CC(=O)Nc1ccc(S(=O)(=O)/C(=C\c2ccc(F)cc2F)C(=O)c2nccs2)cc1. The van der Waals surface area contributed by atoms with Crippen LogP contribution in [0.5, 0.6) is 0 Å². The maximum Gasteiger partial charge on any atom is 0.233 e. The Kier molecular flexibility index (Phi) is 6.18. The van der Waals surface area contributed by atoms with Gasteiger partial charge in [0.05, 0.1) is 4.90 Å². The highest BCUT2D eigenvalue weighted by atomic mass is 32.2. The Morgan fingerprint density at radius 1 is 1.10 bits per heavy atom. The Morgan fingerprint density at radius 2 is 1.80 bits per heavy atom. The second-order valence-corrected chi connectivity index (χ2v) is 8.86. The second-order valence-electron chi connectivity index (χ2n) is 6.05. The van der Waals surface area contributed by atoms with Crippen molar-refractivity contribution in [3.05, 3.63) is 81.2 Å². The zero-order valence-corrected chi connectivity index (χ0v) is 17.1. The first kappa shape index (κ1) is 21.5. The number of carbonyl (C=O) groups excluding carboxylic acids is 2. The van der Waals surface area contributed by atoms with Crippen molar-refractivity contribution in [3.63, 3.8) is 0 Å². The lowest BCUT2D eigenvalue weighted by atomic mass is 10.2. The summed E-state index contributed by atoms with van der Waals surface area (Å²) in [7, 11) is -4.39. The van der Waals surface area contributed by atoms with E-state index >= 15 is 0 Å². The zero-order valence-electron chi connectivity index (χ0n) is 15.4. The number of nitrogens with zero attached hydrogens (tertiary/aromatic N) is 1. The molecule has 154 valence electrons. The molecule has 0 spiro atoms. The number of rotatable bonds is 6. The van der Waals surface area contributed by atoms with Crippen LogP contribution in [0.4, 0.5) is 14.5 Å². The first-order chi connectivity index (χ1) is 14.2. The summed E-state index contributed by atoms with van der Waals surface area (Å²) in [6, 6.07) is 7.72. The highest BCUT2D eigenvalue weighted by molar-refractivity contribution is 7.96. The number of anilines is 1. The van der Waals surface area contributed by atoms with Gasteiger partial charge in [-0.05, 0) is 42.5 Å². The molecule has 1 heterocycles. The molecule has 10 heteroatoms. The van der Waals surface area contributed by atoms with Gasteiger partial charge in [0.2, 0.25) is 21.5 Å². The maximum atomic E-state index is 14.1. The summed E-state index contributed by atoms with van der Waals surface area (Å²) < 4.78 is 53.7. The Labute approximate surface area is 174 Å². The molecule has 1 N–H and O–H groups in total. The van der Waals surface area contributed by atoms with E-state index < -0.39 is 32.2 Å². The van der Waals surface area contributed by atoms with E-state index in [1.807, 2.05) is 0 Å². The summed E-state index contributed by atoms with van der Waals surface area (Å²) in [6.07, 6.45) is 2.19. The average Bonchev–Trinajstić information content (AvgIpc) is 3.21. The highest BCUT2D eigenvalue weighted by Crippen LogP contribution is 2.27. The normalized spacial score (nSPS) is 11.9. The molecular formula is C20H14F2N2O4S2. The second kappa shape index (κ2) is 8.64. The van der Waals surface area contributed by atoms with Gasteiger partial charge in [0.25, 0.3) is 0 Å². The van der Waals surface area contributed by atoms with Crippen LogP contribution in [0.2, 0.25) is 0 Å². The molecule has 0 aliphatic rings. The van der Waals surface area contributed by atoms with E-state index in [1.165, 1.54) is 42.8 Å². The van der Waals surface area contributed by atoms with Crippen LogP contribution in [0.1, 0.15) is 22.3 Å². The number of hydrogen-bond donors (Lipinski definition) is 1. The van der Waals surface area contributed by atoms with Crippen LogP contribution < -0.4 is 5.32 Å². The minimum Gasteiger partial charge on any atom is -0.326 e. The third-order valence-electron chi connectivity index (χ3n) is 3.87. The molecule has 6 nitrogen and oxygen atoms in total. The van der Waals surface area contributed by atoms with Crippen molar-refractivity contribution in [1.82, 2.24) is 4.98 Å². The van der Waals surface area contributed by atoms with Gasteiger partial charge >= 0.3 is 0 Å². The van der Waals surface area contributed by atoms with E-state index in [1.54, 1.807) is 0 Å². The first-order valence-electron chi connectivity index (χ1n) is 8.42. The number of nitrogens with one attached hydrogen (secondary N) is 1. The number of aromatic nitrogens is 1. The predicted molar refractivity (Wildman–Crippen MR) is 109 cm³/mol. The fourth-order valence-corrected chi connectivity index (χ4v) is 4.54. The quantitative estimate of drug-likeness (QED) is 0.453. The minimum atomic E-state index is -4.39. The molecule has 0 unspecified atom stereocenters. The number of carbonyl (C=O) groups is 2. The lowest BCUT2D eigenvalue weighted by Crippen LogP contribution is -2.15. The van der Waals surface area contributed by atoms with Crippen molar-refractivity contribution in [2.24, 2.45) is 0 Å². The van der Waals surface area contributed by atoms with Crippen LogP contribution in [0.25, 0.3) is 6.08 Å². The standard InChI is InChI=1S/C20H14F2N2O4S2/c1-12(25)24-15-4-6-16(7-5-15)30(27,28)18(19(26)20-23-8-9-29-20)10-13-2-3-14(21)11-17(13)22/h2-11H,1H3,(H,24,25)/b18-10-. The Hall–Kier alpha value is -3.24. The van der Waals surface area contributed by atoms with E-state index in [-0.39, 0.29) is 21.4 Å². The molecule has 3 aromatic rings. The van der Waals surface area contributed by atoms with Crippen LogP contribution in [0.3, 0.4) is 0 Å². The summed E-state index contributed by atoms with van der Waals surface area (Å²) in [5.74, 6) is -3.11. The third-order valence-corrected chi connectivity index (χ3v) is 6.42. The molecule has 0 saturated carbocycles. The van der Waals surface area contributed by atoms with Gasteiger partial charge in [-0.25, -0.2) is 22.2 Å². The van der Waals surface area contributed by atoms with Crippen molar-refractivity contribution in [3.8, 4) is 0 Å². The lowest BCUT2D eigenvalue weighted by Gasteiger charge is -2.09. The van der Waals surface area contributed by atoms with Crippen molar-refractivity contribution in [1.29, 1.82) is 0 Å². The van der Waals surface area contributed by atoms with Crippen LogP contribution in [-0.2, 0) is 14.6 Å². The van der Waals surface area contributed by atoms with Gasteiger partial charge < -0.3 is 5.32 Å². The van der Waals surface area contributed by atoms with E-state index in [9.17, 15) is 26.8 Å². The van der Waals surface area contributed by atoms with E-state index in [2.05, 4.69) is 10.3 Å². The molecule has 0 saturated heterocycles. The topological polar surface area (TPSA) is 93.2 Å². The fourth-order valence-electron chi connectivity index (χ4n) is 2.51. The van der Waals surface area contributed by atoms with Crippen molar-refractivity contribution in [2.45, 2.75) is 11.8 Å². The zero-order chi connectivity index (χ0) is 21.9. The average molecular weight is 448 g/mol. The van der Waals surface area contributed by atoms with Crippen LogP contribution in [0, 0.1) is 11.6 Å². The highest BCUT2D eigenvalue weighted by Gasteiger charge is 2.30. The monoisotopic (exact) mass is 448 g/mol. The molecule has 0 fully saturated rings. The minimum absolute atomic E-state index is 0.0952. The number of hydrogen-bond acceptors (Lipinski definition) is 6. The number of amides is 1. The number of allylic oxidation sites excluding steroid dienone is 1. The van der Waals surface area contributed by atoms with Gasteiger partial charge in [-0.2, -0.15) is 0 Å². The summed E-state index contributed by atoms with van der Waals surface area (Å²) >= 11 is 0.930. The summed E-state index contributed by atoms with van der Waals surface area (Å²) in [5.41, 5.74) is 0.0950. The summed E-state index contributed by atoms with van der Waals surface area (Å²) in [5, 5.41) is 3.90. The number of Topliss-reactive ketones (excluding diaryl/α,β-unsaturated/α-hetero) is 1. The molecular weight excluding hydrogens is 434 g/mol. The molecule has 0 bridgehead atoms. The van der Waals surface area contributed by atoms with Crippen molar-refractivity contribution < 1.29 is 26.8 Å². The fraction of sp³-hybridized carbons (Fsp3) is 0.0500. The predicted octanol–water partition coefficient (Wildman–Crippen LogP) is 4.08. The Morgan fingerprint density at radius 3 is 2.37 bits per heavy atom. The summed E-state index contributed by atoms with van der Waals surface area (Å²) in [6.45, 7) is 1.30. The largest absolute Gasteiger partial charge is 0.326 e. The molecule has 0 radical (unpaired) electrons. The Balaban J connectivity index is 2.12. The molecule has 30 heavy (non-hydrogen) atoms. The van der Waals surface area contributed by atoms with Gasteiger partial charge in [-0.3, -0.25) is 9.59 Å². The van der Waals surface area contributed by atoms with Gasteiger partial charge in [-0.1, -0.05) is 0 Å². The number of halogens is 2. The maximum absolute atomic E-state index is 14.1. The van der Waals surface area contributed by atoms with Gasteiger partial charge in [0.1, 0.15) is 16.5 Å². The van der Waals surface area contributed by atoms with Crippen molar-refractivity contribution in [2.75, 3.05) is 5.32 Å². The van der Waals surface area contributed by atoms with E-state index in [0.29, 0.717) is 11.8 Å². The Bertz CT molecular complexity index is 1240.